The van der Waals surface area contributed by atoms with Crippen molar-refractivity contribution in [3.05, 3.63) is 0 Å². The molecule has 14 heteroatoms. The highest BCUT2D eigenvalue weighted by molar-refractivity contribution is 5.90. The molecule has 0 aromatic rings. The lowest BCUT2D eigenvalue weighted by atomic mass is 9.94. The maximum absolute atomic E-state index is 12.5. The average molecular weight is 687 g/mol. The van der Waals surface area contributed by atoms with Gasteiger partial charge in [-0.05, 0) is 100 Å². The Labute approximate surface area is 288 Å². The Kier molecular flexibility index (Phi) is 20.7. The van der Waals surface area contributed by atoms with Crippen molar-refractivity contribution in [1.29, 1.82) is 0 Å². The van der Waals surface area contributed by atoms with Crippen LogP contribution in [0.25, 0.3) is 0 Å². The van der Waals surface area contributed by atoms with E-state index in [9.17, 15) is 14.4 Å². The lowest BCUT2D eigenvalue weighted by Crippen LogP contribution is -2.47. The molecule has 0 bridgehead atoms. The molecule has 0 radical (unpaired) electrons. The van der Waals surface area contributed by atoms with Crippen LogP contribution in [-0.2, 0) is 23.9 Å². The van der Waals surface area contributed by atoms with E-state index < -0.39 is 22.6 Å². The summed E-state index contributed by atoms with van der Waals surface area (Å²) in [5.41, 5.74) is -0.643. The molecule has 0 aliphatic heterocycles. The van der Waals surface area contributed by atoms with Gasteiger partial charge in [-0.15, -0.1) is 0 Å². The number of oxime groups is 2. The topological polar surface area (TPSA) is 203 Å². The molecule has 0 aromatic heterocycles. The summed E-state index contributed by atoms with van der Waals surface area (Å²) in [6.45, 7) is 22.2. The summed E-state index contributed by atoms with van der Waals surface area (Å²) in [5, 5.41) is 46.5. The SMILES string of the molecule is C/C(=N/O)C(C)(C)NCCC(CCNC(=O)CCCC(=O)NCC(C)(C)COC(C)(C)COCCC(=O)O)CCNC(C)(C)/C(C)=N\O. The number of hydrogen-bond acceptors (Lipinski definition) is 11. The van der Waals surface area contributed by atoms with Crippen LogP contribution < -0.4 is 21.3 Å². The molecule has 7 N–H and O–H groups in total. The monoisotopic (exact) mass is 686 g/mol. The molecular formula is C34H66N6O8. The molecule has 0 saturated carbocycles. The van der Waals surface area contributed by atoms with E-state index in [0.717, 1.165) is 19.3 Å². The van der Waals surface area contributed by atoms with Crippen LogP contribution in [0.15, 0.2) is 10.3 Å². The van der Waals surface area contributed by atoms with Crippen LogP contribution >= 0.6 is 0 Å². The number of hydrogen-bond donors (Lipinski definition) is 7. The molecule has 0 saturated heterocycles. The van der Waals surface area contributed by atoms with Crippen LogP contribution in [0.2, 0.25) is 0 Å². The Morgan fingerprint density at radius 2 is 1.19 bits per heavy atom. The number of amides is 2. The van der Waals surface area contributed by atoms with Crippen molar-refractivity contribution in [1.82, 2.24) is 21.3 Å². The van der Waals surface area contributed by atoms with Crippen LogP contribution in [0, 0.1) is 11.3 Å². The van der Waals surface area contributed by atoms with Gasteiger partial charge in [0.05, 0.1) is 54.3 Å². The normalized spacial score (nSPS) is 14.1. The second-order valence-corrected chi connectivity index (χ2v) is 15.1. The van der Waals surface area contributed by atoms with Gasteiger partial charge in [0.15, 0.2) is 0 Å². The minimum Gasteiger partial charge on any atom is -0.481 e. The number of ether oxygens (including phenoxy) is 2. The predicted octanol–water partition coefficient (Wildman–Crippen LogP) is 3.92. The minimum absolute atomic E-state index is 0.0590. The molecular weight excluding hydrogens is 620 g/mol. The molecule has 0 aliphatic carbocycles. The van der Waals surface area contributed by atoms with Crippen LogP contribution in [0.3, 0.4) is 0 Å². The molecule has 0 spiro atoms. The predicted molar refractivity (Wildman–Crippen MR) is 188 cm³/mol. The number of rotatable bonds is 27. The zero-order valence-corrected chi connectivity index (χ0v) is 31.3. The number of nitrogens with one attached hydrogen (secondary N) is 4. The summed E-state index contributed by atoms with van der Waals surface area (Å²) in [6.07, 6.45) is 3.36. The molecule has 2 amide bonds. The molecule has 280 valence electrons. The van der Waals surface area contributed by atoms with Gasteiger partial charge in [0.25, 0.3) is 0 Å². The van der Waals surface area contributed by atoms with Crippen molar-refractivity contribution in [3.63, 3.8) is 0 Å². The molecule has 0 fully saturated rings. The van der Waals surface area contributed by atoms with Gasteiger partial charge in [0, 0.05) is 31.3 Å². The summed E-state index contributed by atoms with van der Waals surface area (Å²) < 4.78 is 11.4. The summed E-state index contributed by atoms with van der Waals surface area (Å²) >= 11 is 0. The van der Waals surface area contributed by atoms with E-state index in [1.165, 1.54) is 0 Å². The van der Waals surface area contributed by atoms with Gasteiger partial charge < -0.3 is 46.3 Å². The fourth-order valence-corrected chi connectivity index (χ4v) is 4.42. The van der Waals surface area contributed by atoms with Crippen molar-refractivity contribution in [2.45, 2.75) is 131 Å². The number of carboxylic acids is 1. The van der Waals surface area contributed by atoms with Crippen molar-refractivity contribution in [2.75, 3.05) is 46.0 Å². The maximum Gasteiger partial charge on any atom is 0.305 e. The van der Waals surface area contributed by atoms with Crippen molar-refractivity contribution >= 4 is 29.2 Å². The molecule has 0 aromatic carbocycles. The highest BCUT2D eigenvalue weighted by Gasteiger charge is 2.27. The first-order chi connectivity index (χ1) is 22.2. The second-order valence-electron chi connectivity index (χ2n) is 15.1. The standard InChI is InChI=1S/C34H66N6O8/c1-25(39-45)33(7,8)37-19-15-27(16-20-38-34(9,10)26(2)40-46)14-18-35-28(41)12-11-13-29(42)36-22-31(3,4)23-48-32(5,6)24-47-21-17-30(43)44/h27,37-38,45-46H,11-24H2,1-10H3,(H,35,41)(H,36,42)(H,43,44)/b39-25-,40-26-. The lowest BCUT2D eigenvalue weighted by Gasteiger charge is -2.32. The first kappa shape index (κ1) is 45.2. The van der Waals surface area contributed by atoms with E-state index in [1.54, 1.807) is 13.8 Å². The molecule has 0 aliphatic rings. The third-order valence-electron chi connectivity index (χ3n) is 8.56. The number of carbonyl (C=O) groups excluding carboxylic acids is 2. The Bertz CT molecular complexity index is 1010. The van der Waals surface area contributed by atoms with Gasteiger partial charge in [0.1, 0.15) is 0 Å². The number of nitrogens with zero attached hydrogens (tertiary/aromatic N) is 2. The van der Waals surface area contributed by atoms with Crippen LogP contribution in [0.4, 0.5) is 0 Å². The fourth-order valence-electron chi connectivity index (χ4n) is 4.42. The molecule has 48 heavy (non-hydrogen) atoms. The van der Waals surface area contributed by atoms with Crippen LogP contribution in [-0.4, -0.2) is 107 Å². The van der Waals surface area contributed by atoms with Crippen LogP contribution in [0.5, 0.6) is 0 Å². The second kappa shape index (κ2) is 22.0. The van der Waals surface area contributed by atoms with Crippen molar-refractivity contribution in [2.24, 2.45) is 21.6 Å². The number of carboxylic acid groups (broad SMARTS) is 1. The first-order valence-electron chi connectivity index (χ1n) is 17.0. The third-order valence-corrected chi connectivity index (χ3v) is 8.56. The van der Waals surface area contributed by atoms with Crippen molar-refractivity contribution < 1.29 is 39.4 Å². The van der Waals surface area contributed by atoms with Crippen molar-refractivity contribution in [3.8, 4) is 0 Å². The van der Waals surface area contributed by atoms with E-state index in [4.69, 9.17) is 25.0 Å². The van der Waals surface area contributed by atoms with Gasteiger partial charge in [-0.3, -0.25) is 14.4 Å². The van der Waals surface area contributed by atoms with Gasteiger partial charge in [-0.2, -0.15) is 0 Å². The van der Waals surface area contributed by atoms with E-state index in [-0.39, 0.29) is 49.7 Å². The quantitative estimate of drug-likeness (QED) is 0.0287. The zero-order chi connectivity index (χ0) is 37.0. The van der Waals surface area contributed by atoms with Gasteiger partial charge >= 0.3 is 5.97 Å². The Morgan fingerprint density at radius 1 is 0.708 bits per heavy atom. The highest BCUT2D eigenvalue weighted by Crippen LogP contribution is 2.20. The summed E-state index contributed by atoms with van der Waals surface area (Å²) in [4.78, 5) is 35.6. The van der Waals surface area contributed by atoms with Gasteiger partial charge in [-0.25, -0.2) is 0 Å². The van der Waals surface area contributed by atoms with Gasteiger partial charge in [0.2, 0.25) is 11.8 Å². The van der Waals surface area contributed by atoms with E-state index >= 15 is 0 Å². The Morgan fingerprint density at radius 3 is 1.67 bits per heavy atom. The Hall–Kier alpha value is -2.81. The smallest absolute Gasteiger partial charge is 0.305 e. The number of carbonyl (C=O) groups is 3. The van der Waals surface area contributed by atoms with E-state index in [1.807, 2.05) is 55.4 Å². The largest absolute Gasteiger partial charge is 0.481 e. The minimum atomic E-state index is -0.909. The zero-order valence-electron chi connectivity index (χ0n) is 31.3. The number of aliphatic carboxylic acids is 1. The van der Waals surface area contributed by atoms with Gasteiger partial charge in [-0.1, -0.05) is 24.2 Å². The molecule has 0 heterocycles. The van der Waals surface area contributed by atoms with E-state index in [2.05, 4.69) is 31.6 Å². The van der Waals surface area contributed by atoms with Crippen LogP contribution in [0.1, 0.15) is 114 Å². The van der Waals surface area contributed by atoms with E-state index in [0.29, 0.717) is 56.5 Å². The summed E-state index contributed by atoms with van der Waals surface area (Å²) in [5.74, 6) is -0.830. The molecule has 0 unspecified atom stereocenters. The first-order valence-corrected chi connectivity index (χ1v) is 17.0. The molecule has 14 nitrogen and oxygen atoms in total. The highest BCUT2D eigenvalue weighted by atomic mass is 16.5. The lowest BCUT2D eigenvalue weighted by molar-refractivity contribution is -0.140. The average Bonchev–Trinajstić information content (AvgIpc) is 3.00. The maximum atomic E-state index is 12.5. The molecule has 0 atom stereocenters. The Balaban J connectivity index is 4.63. The molecule has 0 rings (SSSR count). The summed E-state index contributed by atoms with van der Waals surface area (Å²) in [7, 11) is 0. The summed E-state index contributed by atoms with van der Waals surface area (Å²) in [6, 6.07) is 0. The third kappa shape index (κ3) is 21.2. The fraction of sp³-hybridized carbons (Fsp3) is 0.853.